The van der Waals surface area contributed by atoms with E-state index < -0.39 is 25.6 Å². The summed E-state index contributed by atoms with van der Waals surface area (Å²) in [4.78, 5) is 26.2. The number of amides is 2. The second kappa shape index (κ2) is 22.6. The van der Waals surface area contributed by atoms with E-state index in [0.717, 1.165) is 34.6 Å². The van der Waals surface area contributed by atoms with Crippen molar-refractivity contribution in [1.82, 2.24) is 14.9 Å². The Labute approximate surface area is 340 Å². The second-order valence-corrected chi connectivity index (χ2v) is 16.5. The largest absolute Gasteiger partial charge is 0.497 e. The molecule has 3 aromatic carbocycles. The number of carboxylic acid groups (broad SMARTS) is 1. The van der Waals surface area contributed by atoms with Crippen molar-refractivity contribution in [1.29, 1.82) is 5.26 Å². The van der Waals surface area contributed by atoms with E-state index in [1.807, 2.05) is 71.6 Å². The highest BCUT2D eigenvalue weighted by Crippen LogP contribution is 2.50. The molecular weight excluding hydrogens is 743 g/mol. The topological polar surface area (TPSA) is 143 Å². The van der Waals surface area contributed by atoms with Crippen LogP contribution in [0.1, 0.15) is 89.3 Å². The first-order valence-corrected chi connectivity index (χ1v) is 21.1. The van der Waals surface area contributed by atoms with Gasteiger partial charge in [0.2, 0.25) is 5.91 Å². The molecule has 1 heterocycles. The highest BCUT2D eigenvalue weighted by molar-refractivity contribution is 7.44. The molecule has 3 aromatic rings. The molecule has 1 saturated heterocycles. The monoisotopic (exact) mass is 804 g/mol. The zero-order valence-electron chi connectivity index (χ0n) is 34.4. The molecule has 0 saturated carbocycles. The zero-order valence-corrected chi connectivity index (χ0v) is 35.3. The van der Waals surface area contributed by atoms with Crippen molar-refractivity contribution in [3.05, 3.63) is 95.6 Å². The first-order chi connectivity index (χ1) is 27.5. The summed E-state index contributed by atoms with van der Waals surface area (Å²) in [5, 5.41) is 20.5. The Kier molecular flexibility index (Phi) is 18.1. The van der Waals surface area contributed by atoms with Crippen molar-refractivity contribution in [3.63, 3.8) is 0 Å². The molecule has 12 nitrogen and oxygen atoms in total. The summed E-state index contributed by atoms with van der Waals surface area (Å²) in [6, 6.07) is 28.6. The molecule has 0 spiro atoms. The summed E-state index contributed by atoms with van der Waals surface area (Å²) in [6.07, 6.45) is 3.07. The SMILES string of the molecule is COc1ccc(C(OCC2(COP(OCCC#N)N(C(C)C)C(C)C)CCN(C(=O)CCCCCNC(=O)O)CC2)(c2ccccc2)c2ccc(OC)cc2)cc1. The quantitative estimate of drug-likeness (QED) is 0.0543. The summed E-state index contributed by atoms with van der Waals surface area (Å²) < 4.78 is 34.0. The number of unbranched alkanes of at least 4 members (excludes halogenated alkanes) is 2. The number of hydrogen-bond acceptors (Lipinski definition) is 9. The van der Waals surface area contributed by atoms with Crippen LogP contribution < -0.4 is 14.8 Å². The highest BCUT2D eigenvalue weighted by Gasteiger charge is 2.44. The third-order valence-corrected chi connectivity index (χ3v) is 12.5. The van der Waals surface area contributed by atoms with Crippen molar-refractivity contribution in [2.45, 2.75) is 90.3 Å². The van der Waals surface area contributed by atoms with Crippen LogP contribution in [0.15, 0.2) is 78.9 Å². The van der Waals surface area contributed by atoms with Crippen LogP contribution in [-0.4, -0.2) is 92.4 Å². The summed E-state index contributed by atoms with van der Waals surface area (Å²) in [5.74, 6) is 1.57. The number of benzene rings is 3. The maximum absolute atomic E-state index is 13.5. The Hall–Kier alpha value is -4.24. The zero-order chi connectivity index (χ0) is 41.3. The summed E-state index contributed by atoms with van der Waals surface area (Å²) in [5.41, 5.74) is 1.27. The summed E-state index contributed by atoms with van der Waals surface area (Å²) >= 11 is 0. The fraction of sp³-hybridized carbons (Fsp3) is 0.523. The number of piperidine rings is 1. The molecule has 0 aromatic heterocycles. The van der Waals surface area contributed by atoms with Crippen LogP contribution in [0.3, 0.4) is 0 Å². The van der Waals surface area contributed by atoms with Gasteiger partial charge in [-0.05, 0) is 94.3 Å². The number of carbonyl (C=O) groups excluding carboxylic acids is 1. The van der Waals surface area contributed by atoms with E-state index in [1.54, 1.807) is 14.2 Å². The molecule has 1 fully saturated rings. The van der Waals surface area contributed by atoms with Gasteiger partial charge in [0.05, 0.1) is 46.5 Å². The lowest BCUT2D eigenvalue weighted by Crippen LogP contribution is -2.48. The number of hydrogen-bond donors (Lipinski definition) is 2. The van der Waals surface area contributed by atoms with Gasteiger partial charge < -0.3 is 38.6 Å². The van der Waals surface area contributed by atoms with E-state index >= 15 is 0 Å². The number of nitrogens with zero attached hydrogens (tertiary/aromatic N) is 3. The third-order valence-electron chi connectivity index (χ3n) is 10.4. The highest BCUT2D eigenvalue weighted by atomic mass is 31.2. The van der Waals surface area contributed by atoms with E-state index in [1.165, 1.54) is 0 Å². The third kappa shape index (κ3) is 12.6. The van der Waals surface area contributed by atoms with Gasteiger partial charge in [-0.3, -0.25) is 4.79 Å². The lowest BCUT2D eigenvalue weighted by Gasteiger charge is -2.45. The van der Waals surface area contributed by atoms with E-state index in [0.29, 0.717) is 65.0 Å². The van der Waals surface area contributed by atoms with Crippen molar-refractivity contribution < 1.29 is 38.0 Å². The van der Waals surface area contributed by atoms with Crippen LogP contribution in [-0.2, 0) is 24.2 Å². The average Bonchev–Trinajstić information content (AvgIpc) is 3.22. The van der Waals surface area contributed by atoms with E-state index in [-0.39, 0.29) is 31.0 Å². The maximum atomic E-state index is 13.5. The minimum Gasteiger partial charge on any atom is -0.497 e. The van der Waals surface area contributed by atoms with Gasteiger partial charge in [-0.1, -0.05) is 61.0 Å². The van der Waals surface area contributed by atoms with Gasteiger partial charge in [0.1, 0.15) is 17.1 Å². The Morgan fingerprint density at radius 2 is 1.40 bits per heavy atom. The molecular formula is C44H61N4O8P. The maximum Gasteiger partial charge on any atom is 0.404 e. The van der Waals surface area contributed by atoms with Gasteiger partial charge in [-0.15, -0.1) is 0 Å². The van der Waals surface area contributed by atoms with Crippen LogP contribution in [0.5, 0.6) is 11.5 Å². The molecule has 310 valence electrons. The molecule has 13 heteroatoms. The Morgan fingerprint density at radius 3 is 1.91 bits per heavy atom. The first kappa shape index (κ1) is 45.5. The average molecular weight is 805 g/mol. The van der Waals surface area contributed by atoms with Crippen molar-refractivity contribution in [2.75, 3.05) is 53.7 Å². The fourth-order valence-electron chi connectivity index (χ4n) is 7.33. The lowest BCUT2D eigenvalue weighted by molar-refractivity contribution is -0.136. The second-order valence-electron chi connectivity index (χ2n) is 15.0. The molecule has 0 aliphatic carbocycles. The number of ether oxygens (including phenoxy) is 3. The predicted molar refractivity (Wildman–Crippen MR) is 222 cm³/mol. The van der Waals surface area contributed by atoms with Gasteiger partial charge in [-0.25, -0.2) is 9.46 Å². The smallest absolute Gasteiger partial charge is 0.404 e. The molecule has 4 rings (SSSR count). The molecule has 0 bridgehead atoms. The number of methoxy groups -OCH3 is 2. The molecule has 2 N–H and O–H groups in total. The minimum absolute atomic E-state index is 0.0969. The number of nitriles is 1. The summed E-state index contributed by atoms with van der Waals surface area (Å²) in [7, 11) is 1.79. The Balaban J connectivity index is 1.70. The number of carbonyl (C=O) groups is 2. The van der Waals surface area contributed by atoms with E-state index in [2.05, 4.69) is 55.9 Å². The van der Waals surface area contributed by atoms with Crippen molar-refractivity contribution in [2.24, 2.45) is 5.41 Å². The first-order valence-electron chi connectivity index (χ1n) is 19.9. The van der Waals surface area contributed by atoms with Gasteiger partial charge in [-0.2, -0.15) is 5.26 Å². The molecule has 2 amide bonds. The summed E-state index contributed by atoms with van der Waals surface area (Å²) in [6.45, 7) is 10.8. The minimum atomic E-state index is -1.52. The number of nitrogens with one attached hydrogen (secondary N) is 1. The van der Waals surface area contributed by atoms with Crippen LogP contribution in [0.4, 0.5) is 4.79 Å². The van der Waals surface area contributed by atoms with Gasteiger partial charge in [0, 0.05) is 43.6 Å². The molecule has 1 unspecified atom stereocenters. The normalized spacial score (nSPS) is 14.7. The van der Waals surface area contributed by atoms with Gasteiger partial charge in [0.15, 0.2) is 0 Å². The number of likely N-dealkylation sites (tertiary alicyclic amines) is 1. The van der Waals surface area contributed by atoms with Crippen molar-refractivity contribution in [3.8, 4) is 17.6 Å². The van der Waals surface area contributed by atoms with Gasteiger partial charge in [0.25, 0.3) is 8.53 Å². The lowest BCUT2D eigenvalue weighted by atomic mass is 9.77. The van der Waals surface area contributed by atoms with Crippen molar-refractivity contribution >= 4 is 20.5 Å². The van der Waals surface area contributed by atoms with E-state index in [4.69, 9.17) is 28.4 Å². The molecule has 57 heavy (non-hydrogen) atoms. The van der Waals surface area contributed by atoms with E-state index in [9.17, 15) is 14.9 Å². The number of rotatable bonds is 23. The van der Waals surface area contributed by atoms with Crippen LogP contribution in [0, 0.1) is 16.7 Å². The molecule has 1 aliphatic rings. The fourth-order valence-corrected chi connectivity index (χ4v) is 9.06. The Bertz CT molecular complexity index is 1640. The standard InChI is InChI=1S/C44H61N4O8P/c1-34(2)48(35(3)4)57(55-31-13-27-45)56-33-43(25-29-47(30-26-43)41(49)16-11-8-12-28-46-42(50)51)32-54-44(36-14-9-7-10-15-36,37-17-21-39(52-5)22-18-37)38-19-23-40(53-6)24-20-38/h7,9-10,14-15,17-24,34-35,46H,8,11-13,16,25-26,28-33H2,1-6H3,(H,50,51). The predicted octanol–water partition coefficient (Wildman–Crippen LogP) is 8.74. The molecule has 1 atom stereocenters. The Morgan fingerprint density at radius 1 is 0.842 bits per heavy atom. The van der Waals surface area contributed by atoms with Crippen LogP contribution in [0.2, 0.25) is 0 Å². The molecule has 1 aliphatic heterocycles. The van der Waals surface area contributed by atoms with Crippen LogP contribution in [0.25, 0.3) is 0 Å². The van der Waals surface area contributed by atoms with Gasteiger partial charge >= 0.3 is 6.09 Å². The van der Waals surface area contributed by atoms with Crippen LogP contribution >= 0.6 is 8.53 Å². The molecule has 0 radical (unpaired) electrons.